The predicted molar refractivity (Wildman–Crippen MR) is 114 cm³/mol. The first kappa shape index (κ1) is 22.0. The molecule has 0 spiro atoms. The van der Waals surface area contributed by atoms with Crippen LogP contribution in [0.3, 0.4) is 0 Å². The molecular formula is C21H25ClN2O3S. The molecule has 0 unspecified atom stereocenters. The monoisotopic (exact) mass is 420 g/mol. The molecule has 2 aromatic carbocycles. The van der Waals surface area contributed by atoms with Crippen LogP contribution in [-0.4, -0.2) is 26.9 Å². The van der Waals surface area contributed by atoms with Crippen molar-refractivity contribution in [2.24, 2.45) is 0 Å². The third-order valence-corrected chi connectivity index (χ3v) is 6.52. The number of carbonyl (C=O) groups excluding carboxylic acids is 1. The smallest absolute Gasteiger partial charge is 0.264 e. The summed E-state index contributed by atoms with van der Waals surface area (Å²) in [7, 11) is -3.94. The Morgan fingerprint density at radius 1 is 1.18 bits per heavy atom. The highest BCUT2D eigenvalue weighted by molar-refractivity contribution is 7.92. The summed E-state index contributed by atoms with van der Waals surface area (Å²) >= 11 is 6.21. The molecule has 0 aromatic heterocycles. The molecule has 0 fully saturated rings. The van der Waals surface area contributed by atoms with E-state index in [9.17, 15) is 13.2 Å². The summed E-state index contributed by atoms with van der Waals surface area (Å²) in [6.07, 6.45) is 3.10. The SMILES string of the molecule is C=CCN(c1ccccc1Cl)S(=O)(=O)c1cccc(C(=O)NC(CC)CC)c1. The number of hydrogen-bond acceptors (Lipinski definition) is 3. The standard InChI is InChI=1S/C21H25ClN2O3S/c1-4-14-24(20-13-8-7-12-19(20)22)28(26,27)18-11-9-10-16(15-18)21(25)23-17(5-2)6-3/h4,7-13,15,17H,1,5-6,14H2,2-3H3,(H,23,25). The van der Waals surface area contributed by atoms with E-state index in [1.54, 1.807) is 36.4 Å². The molecule has 0 aliphatic rings. The predicted octanol–water partition coefficient (Wildman–Crippen LogP) is 4.64. The maximum atomic E-state index is 13.3. The van der Waals surface area contributed by atoms with Crippen molar-refractivity contribution < 1.29 is 13.2 Å². The van der Waals surface area contributed by atoms with E-state index in [4.69, 9.17) is 11.6 Å². The van der Waals surface area contributed by atoms with Crippen LogP contribution in [0, 0.1) is 0 Å². The maximum Gasteiger partial charge on any atom is 0.264 e. The van der Waals surface area contributed by atoms with Crippen molar-refractivity contribution in [3.05, 3.63) is 71.8 Å². The Hall–Kier alpha value is -2.31. The van der Waals surface area contributed by atoms with Gasteiger partial charge in [-0.3, -0.25) is 9.10 Å². The van der Waals surface area contributed by atoms with Crippen LogP contribution in [0.5, 0.6) is 0 Å². The first-order valence-electron chi connectivity index (χ1n) is 9.14. The Balaban J connectivity index is 2.43. The molecule has 0 saturated carbocycles. The third-order valence-electron chi connectivity index (χ3n) is 4.42. The first-order valence-corrected chi connectivity index (χ1v) is 11.0. The van der Waals surface area contributed by atoms with Crippen molar-refractivity contribution in [2.45, 2.75) is 37.6 Å². The van der Waals surface area contributed by atoms with Gasteiger partial charge in [-0.15, -0.1) is 6.58 Å². The zero-order valence-corrected chi connectivity index (χ0v) is 17.6. The lowest BCUT2D eigenvalue weighted by atomic mass is 10.1. The van der Waals surface area contributed by atoms with Gasteiger partial charge in [-0.2, -0.15) is 0 Å². The summed E-state index contributed by atoms with van der Waals surface area (Å²) in [4.78, 5) is 12.5. The molecule has 150 valence electrons. The summed E-state index contributed by atoms with van der Waals surface area (Å²) in [6, 6.07) is 12.8. The fourth-order valence-electron chi connectivity index (χ4n) is 2.78. The van der Waals surface area contributed by atoms with E-state index in [1.807, 2.05) is 13.8 Å². The average Bonchev–Trinajstić information content (AvgIpc) is 2.70. The highest BCUT2D eigenvalue weighted by atomic mass is 35.5. The highest BCUT2D eigenvalue weighted by Gasteiger charge is 2.26. The number of amides is 1. The van der Waals surface area contributed by atoms with Crippen LogP contribution in [0.15, 0.2) is 66.1 Å². The van der Waals surface area contributed by atoms with Gasteiger partial charge in [-0.05, 0) is 43.2 Å². The molecular weight excluding hydrogens is 396 g/mol. The van der Waals surface area contributed by atoms with Crippen molar-refractivity contribution in [2.75, 3.05) is 10.8 Å². The number of hydrogen-bond donors (Lipinski definition) is 1. The van der Waals surface area contributed by atoms with Crippen LogP contribution in [0.25, 0.3) is 0 Å². The first-order chi connectivity index (χ1) is 13.3. The maximum absolute atomic E-state index is 13.3. The topological polar surface area (TPSA) is 66.5 Å². The normalized spacial score (nSPS) is 11.3. The fourth-order valence-corrected chi connectivity index (χ4v) is 4.57. The van der Waals surface area contributed by atoms with E-state index >= 15 is 0 Å². The molecule has 1 N–H and O–H groups in total. The molecule has 0 saturated heterocycles. The molecule has 7 heteroatoms. The fraction of sp³-hybridized carbons (Fsp3) is 0.286. The van der Waals surface area contributed by atoms with Crippen molar-refractivity contribution >= 4 is 33.2 Å². The molecule has 28 heavy (non-hydrogen) atoms. The highest BCUT2D eigenvalue weighted by Crippen LogP contribution is 2.30. The average molecular weight is 421 g/mol. The van der Waals surface area contributed by atoms with E-state index in [0.29, 0.717) is 16.3 Å². The molecule has 0 aliphatic carbocycles. The minimum absolute atomic E-state index is 0.0199. The van der Waals surface area contributed by atoms with Crippen molar-refractivity contribution in [1.29, 1.82) is 0 Å². The molecule has 0 heterocycles. The van der Waals surface area contributed by atoms with Crippen molar-refractivity contribution in [1.82, 2.24) is 5.32 Å². The van der Waals surface area contributed by atoms with Gasteiger partial charge in [0, 0.05) is 11.6 Å². The number of anilines is 1. The van der Waals surface area contributed by atoms with E-state index in [2.05, 4.69) is 11.9 Å². The van der Waals surface area contributed by atoms with Gasteiger partial charge in [0.1, 0.15) is 0 Å². The number of halogens is 1. The van der Waals surface area contributed by atoms with Gasteiger partial charge < -0.3 is 5.32 Å². The van der Waals surface area contributed by atoms with Gasteiger partial charge in [0.25, 0.3) is 15.9 Å². The second-order valence-corrected chi connectivity index (χ2v) is 8.56. The van der Waals surface area contributed by atoms with Crippen LogP contribution >= 0.6 is 11.6 Å². The molecule has 0 atom stereocenters. The lowest BCUT2D eigenvalue weighted by Gasteiger charge is -2.24. The van der Waals surface area contributed by atoms with Crippen LogP contribution in [0.1, 0.15) is 37.0 Å². The van der Waals surface area contributed by atoms with E-state index in [1.165, 1.54) is 22.5 Å². The van der Waals surface area contributed by atoms with Crippen LogP contribution in [0.2, 0.25) is 5.02 Å². The molecule has 0 aliphatic heterocycles. The second-order valence-electron chi connectivity index (χ2n) is 6.29. The quantitative estimate of drug-likeness (QED) is 0.601. The van der Waals surface area contributed by atoms with Crippen LogP contribution < -0.4 is 9.62 Å². The van der Waals surface area contributed by atoms with Gasteiger partial charge >= 0.3 is 0 Å². The van der Waals surface area contributed by atoms with Crippen molar-refractivity contribution in [3.8, 4) is 0 Å². The number of nitrogens with zero attached hydrogens (tertiary/aromatic N) is 1. The summed E-state index contributed by atoms with van der Waals surface area (Å²) in [5, 5.41) is 3.24. The minimum Gasteiger partial charge on any atom is -0.349 e. The molecule has 5 nitrogen and oxygen atoms in total. The number of carbonyl (C=O) groups is 1. The number of rotatable bonds is 9. The third kappa shape index (κ3) is 4.94. The van der Waals surface area contributed by atoms with E-state index in [-0.39, 0.29) is 23.4 Å². The number of benzene rings is 2. The molecule has 0 bridgehead atoms. The van der Waals surface area contributed by atoms with E-state index < -0.39 is 10.0 Å². The number of nitrogens with one attached hydrogen (secondary N) is 1. The van der Waals surface area contributed by atoms with Crippen LogP contribution in [0.4, 0.5) is 5.69 Å². The molecule has 0 radical (unpaired) electrons. The Bertz CT molecular complexity index is 940. The Morgan fingerprint density at radius 3 is 2.46 bits per heavy atom. The lowest BCUT2D eigenvalue weighted by molar-refractivity contribution is 0.0934. The Morgan fingerprint density at radius 2 is 1.86 bits per heavy atom. The summed E-state index contributed by atoms with van der Waals surface area (Å²) < 4.78 is 27.7. The van der Waals surface area contributed by atoms with Gasteiger partial charge in [0.15, 0.2) is 0 Å². The van der Waals surface area contributed by atoms with Gasteiger partial charge in [0.05, 0.1) is 22.2 Å². The van der Waals surface area contributed by atoms with Gasteiger partial charge in [-0.1, -0.05) is 49.7 Å². The minimum atomic E-state index is -3.94. The largest absolute Gasteiger partial charge is 0.349 e. The lowest BCUT2D eigenvalue weighted by Crippen LogP contribution is -2.34. The number of para-hydroxylation sites is 1. The summed E-state index contributed by atoms with van der Waals surface area (Å²) in [5.41, 5.74) is 0.654. The van der Waals surface area contributed by atoms with Gasteiger partial charge in [-0.25, -0.2) is 8.42 Å². The number of sulfonamides is 1. The summed E-state index contributed by atoms with van der Waals surface area (Å²) in [6.45, 7) is 7.68. The van der Waals surface area contributed by atoms with Gasteiger partial charge in [0.2, 0.25) is 0 Å². The molecule has 1 amide bonds. The summed E-state index contributed by atoms with van der Waals surface area (Å²) in [5.74, 6) is -0.293. The molecule has 2 rings (SSSR count). The second kappa shape index (κ2) is 9.75. The Kier molecular flexibility index (Phi) is 7.66. The Labute approximate surface area is 172 Å². The molecule has 2 aromatic rings. The zero-order chi connectivity index (χ0) is 20.7. The zero-order valence-electron chi connectivity index (χ0n) is 16.1. The van der Waals surface area contributed by atoms with E-state index in [0.717, 1.165) is 12.8 Å². The van der Waals surface area contributed by atoms with Crippen molar-refractivity contribution in [3.63, 3.8) is 0 Å². The van der Waals surface area contributed by atoms with Crippen LogP contribution in [-0.2, 0) is 10.0 Å².